The lowest BCUT2D eigenvalue weighted by Crippen LogP contribution is -2.42. The number of aromatic nitrogens is 3. The summed E-state index contributed by atoms with van der Waals surface area (Å²) in [5, 5.41) is 9.12. The predicted molar refractivity (Wildman–Crippen MR) is 123 cm³/mol. The number of nitrogens with two attached hydrogens (primary N) is 1. The van der Waals surface area contributed by atoms with Crippen molar-refractivity contribution in [2.24, 2.45) is 5.73 Å². The van der Waals surface area contributed by atoms with Crippen LogP contribution in [0.5, 0.6) is 0 Å². The van der Waals surface area contributed by atoms with Crippen molar-refractivity contribution in [2.45, 2.75) is 25.8 Å². The summed E-state index contributed by atoms with van der Waals surface area (Å²) in [5.74, 6) is 0.0123. The molecule has 0 saturated carbocycles. The van der Waals surface area contributed by atoms with Gasteiger partial charge in [0.2, 0.25) is 0 Å². The minimum Gasteiger partial charge on any atom is -0.368 e. The summed E-state index contributed by atoms with van der Waals surface area (Å²) < 4.78 is 16.5. The van der Waals surface area contributed by atoms with Gasteiger partial charge in [-0.3, -0.25) is 4.57 Å². The number of halogens is 1. The zero-order valence-corrected chi connectivity index (χ0v) is 17.8. The standard InChI is InChI=1S/C25H23FN6/c1-16-4-2-6-20(12-16)32-24(17-7-8-18(14-27)21(26)13-17)30-23-22(9-10-29-25(23)32)31-11-3-5-19(28)15-31/h2,4,6-10,12-13,19H,3,5,11,15,28H2,1H3/t19-/m1/s1. The van der Waals surface area contributed by atoms with E-state index in [9.17, 15) is 4.39 Å². The highest BCUT2D eigenvalue weighted by Gasteiger charge is 2.24. The Morgan fingerprint density at radius 3 is 2.81 bits per heavy atom. The molecule has 2 N–H and O–H groups in total. The van der Waals surface area contributed by atoms with Crippen LogP contribution in [0, 0.1) is 24.1 Å². The van der Waals surface area contributed by atoms with Crippen LogP contribution < -0.4 is 10.6 Å². The Morgan fingerprint density at radius 1 is 1.19 bits per heavy atom. The molecule has 0 radical (unpaired) electrons. The molecular formula is C25H23FN6. The number of benzene rings is 2. The molecule has 0 aliphatic carbocycles. The fourth-order valence-electron chi connectivity index (χ4n) is 4.39. The van der Waals surface area contributed by atoms with Crippen LogP contribution in [0.25, 0.3) is 28.2 Å². The van der Waals surface area contributed by atoms with Crippen molar-refractivity contribution in [2.75, 3.05) is 18.0 Å². The molecule has 5 rings (SSSR count). The number of hydrogen-bond donors (Lipinski definition) is 1. The van der Waals surface area contributed by atoms with Gasteiger partial charge in [-0.15, -0.1) is 0 Å². The van der Waals surface area contributed by atoms with Crippen molar-refractivity contribution < 1.29 is 4.39 Å². The van der Waals surface area contributed by atoms with E-state index < -0.39 is 5.82 Å². The Labute approximate surface area is 185 Å². The molecule has 1 aliphatic heterocycles. The first-order valence-electron chi connectivity index (χ1n) is 10.7. The maximum Gasteiger partial charge on any atom is 0.167 e. The maximum atomic E-state index is 14.5. The molecule has 1 fully saturated rings. The smallest absolute Gasteiger partial charge is 0.167 e. The molecule has 2 aromatic carbocycles. The zero-order valence-electron chi connectivity index (χ0n) is 17.8. The van der Waals surface area contributed by atoms with E-state index in [1.807, 2.05) is 41.8 Å². The first-order chi connectivity index (χ1) is 15.5. The summed E-state index contributed by atoms with van der Waals surface area (Å²) in [6, 6.07) is 16.6. The second kappa shape index (κ2) is 8.06. The normalized spacial score (nSPS) is 16.3. The van der Waals surface area contributed by atoms with Gasteiger partial charge in [0.05, 0.1) is 11.3 Å². The van der Waals surface area contributed by atoms with E-state index in [1.165, 1.54) is 12.1 Å². The molecule has 160 valence electrons. The summed E-state index contributed by atoms with van der Waals surface area (Å²) in [6.45, 7) is 3.69. The topological polar surface area (TPSA) is 83.8 Å². The van der Waals surface area contributed by atoms with Crippen LogP contribution in [0.4, 0.5) is 10.1 Å². The van der Waals surface area contributed by atoms with Gasteiger partial charge in [0.25, 0.3) is 0 Å². The van der Waals surface area contributed by atoms with Gasteiger partial charge in [-0.25, -0.2) is 14.4 Å². The van der Waals surface area contributed by atoms with Crippen LogP contribution in [-0.2, 0) is 0 Å². The van der Waals surface area contributed by atoms with E-state index in [0.717, 1.165) is 48.4 Å². The Bertz CT molecular complexity index is 1350. The molecule has 0 amide bonds. The van der Waals surface area contributed by atoms with Crippen molar-refractivity contribution in [3.8, 4) is 23.1 Å². The van der Waals surface area contributed by atoms with Crippen LogP contribution in [0.2, 0.25) is 0 Å². The van der Waals surface area contributed by atoms with Crippen LogP contribution >= 0.6 is 0 Å². The van der Waals surface area contributed by atoms with E-state index in [4.69, 9.17) is 16.0 Å². The number of nitrogens with zero attached hydrogens (tertiary/aromatic N) is 5. The van der Waals surface area contributed by atoms with Crippen molar-refractivity contribution >= 4 is 16.9 Å². The minimum atomic E-state index is -0.567. The number of aryl methyl sites for hydroxylation is 1. The first kappa shape index (κ1) is 20.2. The van der Waals surface area contributed by atoms with Crippen molar-refractivity contribution in [3.05, 3.63) is 71.7 Å². The molecule has 32 heavy (non-hydrogen) atoms. The number of nitriles is 1. The minimum absolute atomic E-state index is 0.00749. The third-order valence-corrected chi connectivity index (χ3v) is 5.93. The molecule has 0 bridgehead atoms. The Balaban J connectivity index is 1.77. The van der Waals surface area contributed by atoms with Crippen LogP contribution in [0.15, 0.2) is 54.7 Å². The lowest BCUT2D eigenvalue weighted by atomic mass is 10.1. The van der Waals surface area contributed by atoms with Gasteiger partial charge in [0, 0.05) is 36.6 Å². The Morgan fingerprint density at radius 2 is 2.06 bits per heavy atom. The van der Waals surface area contributed by atoms with Crippen LogP contribution in [0.3, 0.4) is 0 Å². The van der Waals surface area contributed by atoms with Crippen molar-refractivity contribution in [3.63, 3.8) is 0 Å². The number of hydrogen-bond acceptors (Lipinski definition) is 5. The SMILES string of the molecule is Cc1cccc(-n2c(-c3ccc(C#N)c(F)c3)nc3c(N4CCC[C@@H](N)C4)ccnc32)c1. The van der Waals surface area contributed by atoms with Gasteiger partial charge >= 0.3 is 0 Å². The fraction of sp³-hybridized carbons (Fsp3) is 0.240. The molecule has 1 aliphatic rings. The number of fused-ring (bicyclic) bond motifs is 1. The molecule has 0 spiro atoms. The van der Waals surface area contributed by atoms with Crippen LogP contribution in [0.1, 0.15) is 24.0 Å². The predicted octanol–water partition coefficient (Wildman–Crippen LogP) is 4.33. The molecule has 0 unspecified atom stereocenters. The number of pyridine rings is 1. The maximum absolute atomic E-state index is 14.5. The van der Waals surface area contributed by atoms with Crippen molar-refractivity contribution in [1.29, 1.82) is 5.26 Å². The van der Waals surface area contributed by atoms with E-state index in [1.54, 1.807) is 12.3 Å². The Kier molecular flexibility index (Phi) is 5.08. The number of imidazole rings is 1. The number of anilines is 1. The Hall–Kier alpha value is -3.76. The summed E-state index contributed by atoms with van der Waals surface area (Å²) in [5.41, 5.74) is 11.3. The quantitative estimate of drug-likeness (QED) is 0.527. The summed E-state index contributed by atoms with van der Waals surface area (Å²) in [6.07, 6.45) is 3.82. The van der Waals surface area contributed by atoms with Crippen molar-refractivity contribution in [1.82, 2.24) is 14.5 Å². The van der Waals surface area contributed by atoms with Crippen LogP contribution in [-0.4, -0.2) is 33.7 Å². The van der Waals surface area contributed by atoms with E-state index >= 15 is 0 Å². The molecule has 6 nitrogen and oxygen atoms in total. The number of rotatable bonds is 3. The lowest BCUT2D eigenvalue weighted by Gasteiger charge is -2.32. The highest BCUT2D eigenvalue weighted by Crippen LogP contribution is 2.34. The van der Waals surface area contributed by atoms with E-state index in [0.29, 0.717) is 17.0 Å². The van der Waals surface area contributed by atoms with Gasteiger partial charge in [0.1, 0.15) is 23.2 Å². The molecular weight excluding hydrogens is 403 g/mol. The van der Waals surface area contributed by atoms with Gasteiger partial charge in [0.15, 0.2) is 5.65 Å². The summed E-state index contributed by atoms with van der Waals surface area (Å²) in [4.78, 5) is 11.9. The van der Waals surface area contributed by atoms with Gasteiger partial charge < -0.3 is 10.6 Å². The molecule has 1 atom stereocenters. The van der Waals surface area contributed by atoms with E-state index in [2.05, 4.69) is 16.0 Å². The van der Waals surface area contributed by atoms with Gasteiger partial charge in [-0.1, -0.05) is 12.1 Å². The average Bonchev–Trinajstić information content (AvgIpc) is 3.19. The highest BCUT2D eigenvalue weighted by molar-refractivity contribution is 5.90. The second-order valence-corrected chi connectivity index (χ2v) is 8.27. The molecule has 7 heteroatoms. The van der Waals surface area contributed by atoms with E-state index in [-0.39, 0.29) is 11.6 Å². The third-order valence-electron chi connectivity index (χ3n) is 5.93. The van der Waals surface area contributed by atoms with Gasteiger partial charge in [-0.2, -0.15) is 5.26 Å². The molecule has 4 aromatic rings. The summed E-state index contributed by atoms with van der Waals surface area (Å²) >= 11 is 0. The molecule has 3 heterocycles. The molecule has 2 aromatic heterocycles. The average molecular weight is 426 g/mol. The number of piperidine rings is 1. The van der Waals surface area contributed by atoms with Gasteiger partial charge in [-0.05, 0) is 61.7 Å². The largest absolute Gasteiger partial charge is 0.368 e. The zero-order chi connectivity index (χ0) is 22.2. The third kappa shape index (κ3) is 3.49. The first-order valence-corrected chi connectivity index (χ1v) is 10.7. The lowest BCUT2D eigenvalue weighted by molar-refractivity contribution is 0.507. The second-order valence-electron chi connectivity index (χ2n) is 8.27. The highest BCUT2D eigenvalue weighted by atomic mass is 19.1. The molecule has 1 saturated heterocycles. The summed E-state index contributed by atoms with van der Waals surface area (Å²) in [7, 11) is 0. The fourth-order valence-corrected chi connectivity index (χ4v) is 4.39. The monoisotopic (exact) mass is 426 g/mol.